The quantitative estimate of drug-likeness (QED) is 0.704. The van der Waals surface area contributed by atoms with Crippen molar-refractivity contribution >= 4 is 5.91 Å². The largest absolute Gasteiger partial charge is 0.349 e. The molecule has 0 fully saturated rings. The highest BCUT2D eigenvalue weighted by molar-refractivity contribution is 5.76. The third-order valence-corrected chi connectivity index (χ3v) is 4.82. The summed E-state index contributed by atoms with van der Waals surface area (Å²) in [6.45, 7) is 10.5. The molecule has 2 unspecified atom stereocenters. The molecular formula is C21H31N3O2. The Hall–Kier alpha value is -2.17. The number of benzene rings is 1. The lowest BCUT2D eigenvalue weighted by Gasteiger charge is -2.23. The summed E-state index contributed by atoms with van der Waals surface area (Å²) in [7, 11) is 0. The highest BCUT2D eigenvalue weighted by atomic mass is 16.5. The van der Waals surface area contributed by atoms with Crippen molar-refractivity contribution in [3.05, 3.63) is 47.1 Å². The lowest BCUT2D eigenvalue weighted by atomic mass is 9.92. The Balaban J connectivity index is 1.91. The fraction of sp³-hybridized carbons (Fsp3) is 0.571. The molecule has 0 saturated carbocycles. The molecule has 1 N–H and O–H groups in total. The van der Waals surface area contributed by atoms with Crippen molar-refractivity contribution in [1.82, 2.24) is 15.5 Å². The molecule has 0 aliphatic heterocycles. The van der Waals surface area contributed by atoms with Crippen molar-refractivity contribution in [1.29, 1.82) is 0 Å². The zero-order valence-electron chi connectivity index (χ0n) is 16.6. The Kier molecular flexibility index (Phi) is 7.37. The zero-order valence-corrected chi connectivity index (χ0v) is 16.6. The van der Waals surface area contributed by atoms with Crippen molar-refractivity contribution < 1.29 is 9.32 Å². The molecule has 1 heterocycles. The SMILES string of the molecule is CCC(C)c1ccc(C(NC(=O)CCCc2nc(C)no2)C(C)C)cc1. The van der Waals surface area contributed by atoms with Gasteiger partial charge >= 0.3 is 0 Å². The second-order valence-electron chi connectivity index (χ2n) is 7.35. The normalized spacial score (nSPS) is 13.6. The third kappa shape index (κ3) is 5.68. The minimum atomic E-state index is 0.0270. The molecular weight excluding hydrogens is 326 g/mol. The van der Waals surface area contributed by atoms with Crippen LogP contribution in [0.3, 0.4) is 0 Å². The van der Waals surface area contributed by atoms with Crippen molar-refractivity contribution in [2.45, 2.75) is 72.3 Å². The molecule has 1 aromatic heterocycles. The van der Waals surface area contributed by atoms with Gasteiger partial charge in [0.1, 0.15) is 0 Å². The molecule has 2 rings (SSSR count). The van der Waals surface area contributed by atoms with Gasteiger partial charge in [-0.3, -0.25) is 4.79 Å². The number of amides is 1. The molecule has 0 saturated heterocycles. The maximum Gasteiger partial charge on any atom is 0.226 e. The Bertz CT molecular complexity index is 692. The van der Waals surface area contributed by atoms with E-state index in [0.717, 1.165) is 12.0 Å². The van der Waals surface area contributed by atoms with E-state index in [0.29, 0.717) is 42.8 Å². The molecule has 26 heavy (non-hydrogen) atoms. The predicted molar refractivity (Wildman–Crippen MR) is 103 cm³/mol. The van der Waals surface area contributed by atoms with Crippen LogP contribution in [-0.2, 0) is 11.2 Å². The highest BCUT2D eigenvalue weighted by Gasteiger charge is 2.18. The van der Waals surface area contributed by atoms with Crippen molar-refractivity contribution in [3.63, 3.8) is 0 Å². The summed E-state index contributed by atoms with van der Waals surface area (Å²) in [5.74, 6) is 2.17. The Labute approximate surface area is 156 Å². The molecule has 2 atom stereocenters. The zero-order chi connectivity index (χ0) is 19.1. The lowest BCUT2D eigenvalue weighted by Crippen LogP contribution is -2.31. The molecule has 1 amide bonds. The van der Waals surface area contributed by atoms with Crippen LogP contribution in [0.15, 0.2) is 28.8 Å². The number of hydrogen-bond donors (Lipinski definition) is 1. The van der Waals surface area contributed by atoms with Gasteiger partial charge in [0.25, 0.3) is 0 Å². The van der Waals surface area contributed by atoms with Crippen molar-refractivity contribution in [2.75, 3.05) is 0 Å². The van der Waals surface area contributed by atoms with Crippen LogP contribution in [-0.4, -0.2) is 16.0 Å². The van der Waals surface area contributed by atoms with E-state index in [9.17, 15) is 4.79 Å². The van der Waals surface area contributed by atoms with Crippen LogP contribution < -0.4 is 5.32 Å². The van der Waals surface area contributed by atoms with Gasteiger partial charge in [0.2, 0.25) is 11.8 Å². The van der Waals surface area contributed by atoms with Gasteiger partial charge in [-0.2, -0.15) is 4.98 Å². The number of rotatable bonds is 9. The summed E-state index contributed by atoms with van der Waals surface area (Å²) < 4.78 is 5.08. The van der Waals surface area contributed by atoms with E-state index in [1.807, 2.05) is 0 Å². The van der Waals surface area contributed by atoms with Gasteiger partial charge in [0.05, 0.1) is 6.04 Å². The molecule has 1 aromatic carbocycles. The maximum absolute atomic E-state index is 12.4. The monoisotopic (exact) mass is 357 g/mol. The summed E-state index contributed by atoms with van der Waals surface area (Å²) in [4.78, 5) is 16.5. The fourth-order valence-corrected chi connectivity index (χ4v) is 2.99. The second-order valence-corrected chi connectivity index (χ2v) is 7.35. The smallest absolute Gasteiger partial charge is 0.226 e. The van der Waals surface area contributed by atoms with E-state index in [4.69, 9.17) is 4.52 Å². The molecule has 0 aliphatic rings. The first-order valence-electron chi connectivity index (χ1n) is 9.59. The second kappa shape index (κ2) is 9.51. The molecule has 142 valence electrons. The van der Waals surface area contributed by atoms with Gasteiger partial charge in [0.15, 0.2) is 5.82 Å². The average Bonchev–Trinajstić information content (AvgIpc) is 3.04. The number of aromatic nitrogens is 2. The first-order chi connectivity index (χ1) is 12.4. The van der Waals surface area contributed by atoms with E-state index < -0.39 is 0 Å². The van der Waals surface area contributed by atoms with Crippen LogP contribution in [0.1, 0.15) is 81.8 Å². The highest BCUT2D eigenvalue weighted by Crippen LogP contribution is 2.25. The topological polar surface area (TPSA) is 68.0 Å². The van der Waals surface area contributed by atoms with Crippen LogP contribution >= 0.6 is 0 Å². The van der Waals surface area contributed by atoms with Crippen molar-refractivity contribution in [2.24, 2.45) is 5.92 Å². The van der Waals surface area contributed by atoms with E-state index in [2.05, 4.69) is 67.4 Å². The van der Waals surface area contributed by atoms with Gasteiger partial charge in [-0.15, -0.1) is 0 Å². The van der Waals surface area contributed by atoms with Gasteiger partial charge in [-0.1, -0.05) is 57.1 Å². The van der Waals surface area contributed by atoms with Crippen molar-refractivity contribution in [3.8, 4) is 0 Å². The van der Waals surface area contributed by atoms with E-state index in [-0.39, 0.29) is 11.9 Å². The molecule has 5 nitrogen and oxygen atoms in total. The lowest BCUT2D eigenvalue weighted by molar-refractivity contribution is -0.122. The number of carbonyl (C=O) groups excluding carboxylic acids is 1. The van der Waals surface area contributed by atoms with Gasteiger partial charge in [-0.05, 0) is 42.7 Å². The first kappa shape index (κ1) is 20.1. The molecule has 0 radical (unpaired) electrons. The number of aryl methyl sites for hydroxylation is 2. The maximum atomic E-state index is 12.4. The van der Waals surface area contributed by atoms with Crippen LogP contribution in [0, 0.1) is 12.8 Å². The number of carbonyl (C=O) groups is 1. The minimum Gasteiger partial charge on any atom is -0.349 e. The molecule has 0 spiro atoms. The Morgan fingerprint density at radius 1 is 1.15 bits per heavy atom. The number of nitrogens with one attached hydrogen (secondary N) is 1. The Morgan fingerprint density at radius 2 is 1.81 bits per heavy atom. The first-order valence-corrected chi connectivity index (χ1v) is 9.59. The average molecular weight is 357 g/mol. The van der Waals surface area contributed by atoms with Crippen LogP contribution in [0.25, 0.3) is 0 Å². The molecule has 2 aromatic rings. The number of nitrogens with zero attached hydrogens (tertiary/aromatic N) is 2. The van der Waals surface area contributed by atoms with E-state index in [1.54, 1.807) is 6.92 Å². The summed E-state index contributed by atoms with van der Waals surface area (Å²) in [6.07, 6.45) is 2.91. The summed E-state index contributed by atoms with van der Waals surface area (Å²) in [5, 5.41) is 6.95. The standard InChI is InChI=1S/C21H31N3O2/c1-6-15(4)17-10-12-18(13-11-17)21(14(2)3)23-19(25)8-7-9-20-22-16(5)24-26-20/h10-15,21H,6-9H2,1-5H3,(H,23,25). The minimum absolute atomic E-state index is 0.0270. The number of hydrogen-bond acceptors (Lipinski definition) is 4. The van der Waals surface area contributed by atoms with Gasteiger partial charge in [-0.25, -0.2) is 0 Å². The fourth-order valence-electron chi connectivity index (χ4n) is 2.99. The van der Waals surface area contributed by atoms with E-state index >= 15 is 0 Å². The molecule has 0 aliphatic carbocycles. The van der Waals surface area contributed by atoms with E-state index in [1.165, 1.54) is 5.56 Å². The van der Waals surface area contributed by atoms with Crippen LogP contribution in [0.5, 0.6) is 0 Å². The third-order valence-electron chi connectivity index (χ3n) is 4.82. The summed E-state index contributed by atoms with van der Waals surface area (Å²) in [5.41, 5.74) is 2.51. The Morgan fingerprint density at radius 3 is 2.35 bits per heavy atom. The van der Waals surface area contributed by atoms with Crippen LogP contribution in [0.2, 0.25) is 0 Å². The van der Waals surface area contributed by atoms with Crippen LogP contribution in [0.4, 0.5) is 0 Å². The predicted octanol–water partition coefficient (Wildman–Crippen LogP) is 4.73. The van der Waals surface area contributed by atoms with Gasteiger partial charge < -0.3 is 9.84 Å². The van der Waals surface area contributed by atoms with Gasteiger partial charge in [0, 0.05) is 12.8 Å². The summed E-state index contributed by atoms with van der Waals surface area (Å²) >= 11 is 0. The summed E-state index contributed by atoms with van der Waals surface area (Å²) in [6, 6.07) is 8.69. The molecule has 0 bridgehead atoms. The molecule has 5 heteroatoms.